The van der Waals surface area contributed by atoms with Crippen LogP contribution in [0.2, 0.25) is 0 Å². The first kappa shape index (κ1) is 14.9. The van der Waals surface area contributed by atoms with Crippen LogP contribution in [0.1, 0.15) is 43.9 Å². The average molecular weight is 247 g/mol. The standard InChI is InChI=1S/C16H25NO/c1-11-7-6-8-12(2)14(11)9-13(18)10-15(17)16(3,4)5/h6-8,15H,9-10,17H2,1-5H3. The van der Waals surface area contributed by atoms with Gasteiger partial charge in [-0.2, -0.15) is 0 Å². The number of Topliss-reactive ketones (excluding diaryl/α,β-unsaturated/α-hetero) is 1. The highest BCUT2D eigenvalue weighted by atomic mass is 16.1. The van der Waals surface area contributed by atoms with Gasteiger partial charge in [-0.15, -0.1) is 0 Å². The lowest BCUT2D eigenvalue weighted by Crippen LogP contribution is -2.37. The zero-order valence-electron chi connectivity index (χ0n) is 12.2. The largest absolute Gasteiger partial charge is 0.327 e. The van der Waals surface area contributed by atoms with Gasteiger partial charge < -0.3 is 5.73 Å². The van der Waals surface area contributed by atoms with Crippen molar-refractivity contribution in [1.29, 1.82) is 0 Å². The van der Waals surface area contributed by atoms with E-state index < -0.39 is 0 Å². The number of carbonyl (C=O) groups excluding carboxylic acids is 1. The van der Waals surface area contributed by atoms with Crippen LogP contribution in [0, 0.1) is 19.3 Å². The van der Waals surface area contributed by atoms with Gasteiger partial charge in [0, 0.05) is 18.9 Å². The van der Waals surface area contributed by atoms with Crippen LogP contribution in [-0.4, -0.2) is 11.8 Å². The van der Waals surface area contributed by atoms with E-state index in [1.54, 1.807) is 0 Å². The summed E-state index contributed by atoms with van der Waals surface area (Å²) in [6, 6.07) is 6.06. The van der Waals surface area contributed by atoms with Crippen LogP contribution in [-0.2, 0) is 11.2 Å². The second-order valence-corrected chi connectivity index (χ2v) is 6.26. The number of hydrogen-bond donors (Lipinski definition) is 1. The van der Waals surface area contributed by atoms with E-state index in [0.717, 1.165) is 5.56 Å². The molecule has 1 rings (SSSR count). The Labute approximate surface area is 111 Å². The Balaban J connectivity index is 2.72. The Morgan fingerprint density at radius 2 is 1.72 bits per heavy atom. The van der Waals surface area contributed by atoms with Crippen LogP contribution >= 0.6 is 0 Å². The molecule has 1 aromatic carbocycles. The van der Waals surface area contributed by atoms with E-state index in [1.807, 2.05) is 6.07 Å². The van der Waals surface area contributed by atoms with Crippen molar-refractivity contribution in [2.75, 3.05) is 0 Å². The van der Waals surface area contributed by atoms with Gasteiger partial charge in [0.1, 0.15) is 5.78 Å². The average Bonchev–Trinajstić information content (AvgIpc) is 2.22. The minimum Gasteiger partial charge on any atom is -0.327 e. The Morgan fingerprint density at radius 1 is 1.22 bits per heavy atom. The minimum atomic E-state index is -0.0747. The molecule has 2 heteroatoms. The summed E-state index contributed by atoms with van der Waals surface area (Å²) in [5.74, 6) is 0.231. The molecule has 100 valence electrons. The summed E-state index contributed by atoms with van der Waals surface area (Å²) in [5.41, 5.74) is 9.57. The number of rotatable bonds is 4. The molecule has 0 heterocycles. The maximum absolute atomic E-state index is 12.1. The summed E-state index contributed by atoms with van der Waals surface area (Å²) in [6.45, 7) is 10.3. The Bertz CT molecular complexity index is 409. The summed E-state index contributed by atoms with van der Waals surface area (Å²) in [5, 5.41) is 0. The molecule has 2 nitrogen and oxygen atoms in total. The van der Waals surface area contributed by atoms with Gasteiger partial charge in [0.2, 0.25) is 0 Å². The molecular formula is C16H25NO. The van der Waals surface area contributed by atoms with Crippen molar-refractivity contribution in [3.8, 4) is 0 Å². The van der Waals surface area contributed by atoms with Gasteiger partial charge in [-0.1, -0.05) is 39.0 Å². The predicted octanol–water partition coefficient (Wildman–Crippen LogP) is 3.18. The molecule has 0 aliphatic heterocycles. The number of nitrogens with two attached hydrogens (primary N) is 1. The van der Waals surface area contributed by atoms with Gasteiger partial charge in [0.25, 0.3) is 0 Å². The number of aryl methyl sites for hydroxylation is 2. The van der Waals surface area contributed by atoms with Gasteiger partial charge in [-0.3, -0.25) is 4.79 Å². The topological polar surface area (TPSA) is 43.1 Å². The van der Waals surface area contributed by atoms with Crippen LogP contribution in [0.25, 0.3) is 0 Å². The molecule has 0 amide bonds. The van der Waals surface area contributed by atoms with Crippen LogP contribution in [0.15, 0.2) is 18.2 Å². The third-order valence-electron chi connectivity index (χ3n) is 3.58. The van der Waals surface area contributed by atoms with Crippen molar-refractivity contribution in [3.63, 3.8) is 0 Å². The van der Waals surface area contributed by atoms with Crippen molar-refractivity contribution in [2.24, 2.45) is 11.1 Å². The van der Waals surface area contributed by atoms with E-state index in [2.05, 4.69) is 46.8 Å². The summed E-state index contributed by atoms with van der Waals surface area (Å²) in [4.78, 5) is 12.1. The van der Waals surface area contributed by atoms with Crippen LogP contribution in [0.5, 0.6) is 0 Å². The van der Waals surface area contributed by atoms with Crippen molar-refractivity contribution < 1.29 is 4.79 Å². The van der Waals surface area contributed by atoms with Crippen molar-refractivity contribution in [3.05, 3.63) is 34.9 Å². The number of ketones is 1. The van der Waals surface area contributed by atoms with E-state index >= 15 is 0 Å². The fourth-order valence-corrected chi connectivity index (χ4v) is 1.95. The summed E-state index contributed by atoms with van der Waals surface area (Å²) < 4.78 is 0. The third-order valence-corrected chi connectivity index (χ3v) is 3.58. The van der Waals surface area contributed by atoms with Gasteiger partial charge in [-0.05, 0) is 36.0 Å². The lowest BCUT2D eigenvalue weighted by molar-refractivity contribution is -0.119. The molecule has 0 fully saturated rings. The number of carbonyl (C=O) groups is 1. The molecule has 0 aliphatic rings. The van der Waals surface area contributed by atoms with Crippen molar-refractivity contribution >= 4 is 5.78 Å². The fraction of sp³-hybridized carbons (Fsp3) is 0.562. The maximum atomic E-state index is 12.1. The molecule has 0 radical (unpaired) electrons. The molecule has 0 spiro atoms. The molecule has 1 atom stereocenters. The van der Waals surface area contributed by atoms with E-state index in [4.69, 9.17) is 5.73 Å². The lowest BCUT2D eigenvalue weighted by Gasteiger charge is -2.26. The first-order valence-corrected chi connectivity index (χ1v) is 6.54. The molecular weight excluding hydrogens is 222 g/mol. The van der Waals surface area contributed by atoms with Gasteiger partial charge >= 0.3 is 0 Å². The molecule has 0 saturated heterocycles. The molecule has 0 bridgehead atoms. The predicted molar refractivity (Wildman–Crippen MR) is 76.7 cm³/mol. The second kappa shape index (κ2) is 5.66. The SMILES string of the molecule is Cc1cccc(C)c1CC(=O)CC(N)C(C)(C)C. The van der Waals surface area contributed by atoms with Crippen LogP contribution in [0.3, 0.4) is 0 Å². The number of hydrogen-bond acceptors (Lipinski definition) is 2. The van der Waals surface area contributed by atoms with Gasteiger partial charge in [-0.25, -0.2) is 0 Å². The second-order valence-electron chi connectivity index (χ2n) is 6.26. The molecule has 1 unspecified atom stereocenters. The Morgan fingerprint density at radius 3 is 2.17 bits per heavy atom. The lowest BCUT2D eigenvalue weighted by atomic mass is 9.83. The van der Waals surface area contributed by atoms with E-state index in [9.17, 15) is 4.79 Å². The first-order valence-electron chi connectivity index (χ1n) is 6.54. The highest BCUT2D eigenvalue weighted by Crippen LogP contribution is 2.21. The monoisotopic (exact) mass is 247 g/mol. The van der Waals surface area contributed by atoms with Gasteiger partial charge in [0.05, 0.1) is 0 Å². The fourth-order valence-electron chi connectivity index (χ4n) is 1.95. The molecule has 0 aliphatic carbocycles. The molecule has 2 N–H and O–H groups in total. The summed E-state index contributed by atoms with van der Waals surface area (Å²) >= 11 is 0. The van der Waals surface area contributed by atoms with E-state index in [-0.39, 0.29) is 17.2 Å². The minimum absolute atomic E-state index is 0.0174. The molecule has 0 aromatic heterocycles. The smallest absolute Gasteiger partial charge is 0.138 e. The van der Waals surface area contributed by atoms with Crippen molar-refractivity contribution in [2.45, 2.75) is 53.5 Å². The Kier molecular flexibility index (Phi) is 4.69. The summed E-state index contributed by atoms with van der Waals surface area (Å²) in [7, 11) is 0. The van der Waals surface area contributed by atoms with E-state index in [1.165, 1.54) is 11.1 Å². The van der Waals surface area contributed by atoms with E-state index in [0.29, 0.717) is 12.8 Å². The zero-order valence-corrected chi connectivity index (χ0v) is 12.2. The Hall–Kier alpha value is -1.15. The van der Waals surface area contributed by atoms with Crippen LogP contribution in [0.4, 0.5) is 0 Å². The first-order chi connectivity index (χ1) is 8.21. The molecule has 1 aromatic rings. The zero-order chi connectivity index (χ0) is 13.9. The number of benzene rings is 1. The molecule has 0 saturated carbocycles. The normalized spacial score (nSPS) is 13.4. The highest BCUT2D eigenvalue weighted by molar-refractivity contribution is 5.82. The van der Waals surface area contributed by atoms with Crippen molar-refractivity contribution in [1.82, 2.24) is 0 Å². The third kappa shape index (κ3) is 3.95. The molecule has 18 heavy (non-hydrogen) atoms. The van der Waals surface area contributed by atoms with Gasteiger partial charge in [0.15, 0.2) is 0 Å². The quantitative estimate of drug-likeness (QED) is 0.888. The highest BCUT2D eigenvalue weighted by Gasteiger charge is 2.23. The maximum Gasteiger partial charge on any atom is 0.138 e. The summed E-state index contributed by atoms with van der Waals surface area (Å²) in [6.07, 6.45) is 0.958. The van der Waals surface area contributed by atoms with Crippen LogP contribution < -0.4 is 5.73 Å².